The van der Waals surface area contributed by atoms with E-state index in [-0.39, 0.29) is 17.2 Å². The molecule has 0 heterocycles. The van der Waals surface area contributed by atoms with Crippen LogP contribution in [0.15, 0.2) is 22.8 Å². The van der Waals surface area contributed by atoms with Crippen molar-refractivity contribution in [1.82, 2.24) is 0 Å². The predicted octanol–water partition coefficient (Wildman–Crippen LogP) is 2.09. The van der Waals surface area contributed by atoms with Crippen molar-refractivity contribution in [3.63, 3.8) is 0 Å². The molecule has 15 heavy (non-hydrogen) atoms. The van der Waals surface area contributed by atoms with E-state index in [0.29, 0.717) is 0 Å². The molecule has 0 unspecified atom stereocenters. The number of halogens is 1. The van der Waals surface area contributed by atoms with E-state index in [9.17, 15) is 9.59 Å². The van der Waals surface area contributed by atoms with E-state index < -0.39 is 18.4 Å². The highest BCUT2D eigenvalue weighted by Crippen LogP contribution is 2.16. The Bertz CT molecular complexity index is 305. The first-order valence-electron chi connectivity index (χ1n) is 4.43. The Hall–Kier alpha value is -1.29. The zero-order valence-corrected chi connectivity index (χ0v) is 9.37. The maximum atomic E-state index is 11.3. The molecule has 0 fully saturated rings. The predicted molar refractivity (Wildman–Crippen MR) is 56.6 cm³/mol. The molecular formula is C10H13ClO4. The maximum Gasteiger partial charge on any atom is 0.336 e. The first kappa shape index (κ1) is 13.7. The third-order valence-electron chi connectivity index (χ3n) is 1.45. The molecule has 0 amide bonds. The molecule has 0 aliphatic heterocycles. The number of carboxylic acid groups (broad SMARTS) is 1. The summed E-state index contributed by atoms with van der Waals surface area (Å²) in [6.07, 6.45) is 2.63. The van der Waals surface area contributed by atoms with Crippen LogP contribution in [0.5, 0.6) is 0 Å². The first-order valence-corrected chi connectivity index (χ1v) is 4.81. The van der Waals surface area contributed by atoms with Crippen molar-refractivity contribution in [2.75, 3.05) is 6.61 Å². The summed E-state index contributed by atoms with van der Waals surface area (Å²) in [7, 11) is 0. The average Bonchev–Trinajstić information content (AvgIpc) is 2.14. The molecule has 4 nitrogen and oxygen atoms in total. The van der Waals surface area contributed by atoms with Crippen LogP contribution in [0, 0.1) is 0 Å². The highest BCUT2D eigenvalue weighted by Gasteiger charge is 2.17. The number of hydrogen-bond acceptors (Lipinski definition) is 3. The lowest BCUT2D eigenvalue weighted by Gasteiger charge is -2.05. The lowest BCUT2D eigenvalue weighted by Crippen LogP contribution is -2.12. The van der Waals surface area contributed by atoms with Gasteiger partial charge in [0, 0.05) is 0 Å². The summed E-state index contributed by atoms with van der Waals surface area (Å²) in [6.45, 7) is 3.54. The van der Waals surface area contributed by atoms with E-state index >= 15 is 0 Å². The van der Waals surface area contributed by atoms with Crippen molar-refractivity contribution in [3.8, 4) is 0 Å². The summed E-state index contributed by atoms with van der Waals surface area (Å²) >= 11 is 5.75. The molecule has 84 valence electrons. The van der Waals surface area contributed by atoms with Gasteiger partial charge in [0.15, 0.2) is 0 Å². The number of rotatable bonds is 5. The highest BCUT2D eigenvalue weighted by atomic mass is 35.5. The Morgan fingerprint density at radius 2 is 2.07 bits per heavy atom. The number of ether oxygens (including phenoxy) is 1. The molecule has 0 radical (unpaired) electrons. The zero-order valence-electron chi connectivity index (χ0n) is 8.62. The van der Waals surface area contributed by atoms with Crippen molar-refractivity contribution in [1.29, 1.82) is 0 Å². The molecule has 0 rings (SSSR count). The molecule has 0 bridgehead atoms. The van der Waals surface area contributed by atoms with Gasteiger partial charge in [-0.05, 0) is 19.9 Å². The SMILES string of the molecule is C/C=C/C(Cl)=C(/CC(=O)O)C(=O)OCC. The lowest BCUT2D eigenvalue weighted by molar-refractivity contribution is -0.142. The molecule has 0 saturated heterocycles. The first-order chi connectivity index (χ1) is 7.02. The molecule has 0 spiro atoms. The van der Waals surface area contributed by atoms with Crippen molar-refractivity contribution in [2.45, 2.75) is 20.3 Å². The number of carbonyl (C=O) groups excluding carboxylic acids is 1. The van der Waals surface area contributed by atoms with Crippen LogP contribution in [0.25, 0.3) is 0 Å². The van der Waals surface area contributed by atoms with Crippen LogP contribution in [-0.2, 0) is 14.3 Å². The molecule has 0 aliphatic rings. The number of carboxylic acids is 1. The Labute approximate surface area is 93.2 Å². The van der Waals surface area contributed by atoms with E-state index in [2.05, 4.69) is 0 Å². The third-order valence-corrected chi connectivity index (χ3v) is 1.81. The van der Waals surface area contributed by atoms with Gasteiger partial charge in [0.25, 0.3) is 0 Å². The number of aliphatic carboxylic acids is 1. The number of carbonyl (C=O) groups is 2. The van der Waals surface area contributed by atoms with Crippen LogP contribution >= 0.6 is 11.6 Å². The molecule has 0 atom stereocenters. The minimum Gasteiger partial charge on any atom is -0.481 e. The van der Waals surface area contributed by atoms with E-state index in [1.165, 1.54) is 6.08 Å². The van der Waals surface area contributed by atoms with Gasteiger partial charge in [0.1, 0.15) is 0 Å². The van der Waals surface area contributed by atoms with Gasteiger partial charge in [-0.3, -0.25) is 4.79 Å². The van der Waals surface area contributed by atoms with Gasteiger partial charge in [0.2, 0.25) is 0 Å². The van der Waals surface area contributed by atoms with Crippen LogP contribution in [-0.4, -0.2) is 23.7 Å². The van der Waals surface area contributed by atoms with Gasteiger partial charge in [-0.25, -0.2) is 4.79 Å². The highest BCUT2D eigenvalue weighted by molar-refractivity contribution is 6.33. The number of esters is 1. The lowest BCUT2D eigenvalue weighted by atomic mass is 10.1. The van der Waals surface area contributed by atoms with Crippen LogP contribution in [0.2, 0.25) is 0 Å². The van der Waals surface area contributed by atoms with Crippen molar-refractivity contribution in [3.05, 3.63) is 22.8 Å². The Morgan fingerprint density at radius 3 is 2.47 bits per heavy atom. The Morgan fingerprint density at radius 1 is 1.47 bits per heavy atom. The summed E-state index contributed by atoms with van der Waals surface area (Å²) in [5.41, 5.74) is -0.0379. The summed E-state index contributed by atoms with van der Waals surface area (Å²) in [4.78, 5) is 21.8. The van der Waals surface area contributed by atoms with E-state index in [1.54, 1.807) is 19.9 Å². The minimum atomic E-state index is -1.12. The zero-order chi connectivity index (χ0) is 11.8. The monoisotopic (exact) mass is 232 g/mol. The summed E-state index contributed by atoms with van der Waals surface area (Å²) < 4.78 is 4.69. The van der Waals surface area contributed by atoms with Crippen LogP contribution < -0.4 is 0 Å². The minimum absolute atomic E-state index is 0.0379. The van der Waals surface area contributed by atoms with E-state index in [1.807, 2.05) is 0 Å². The molecule has 0 saturated carbocycles. The number of allylic oxidation sites excluding steroid dienone is 3. The molecule has 0 aromatic heterocycles. The normalized spacial score (nSPS) is 12.5. The fraction of sp³-hybridized carbons (Fsp3) is 0.400. The molecule has 0 aromatic carbocycles. The summed E-state index contributed by atoms with van der Waals surface area (Å²) in [5, 5.41) is 8.69. The third kappa shape index (κ3) is 5.22. The fourth-order valence-electron chi connectivity index (χ4n) is 0.870. The van der Waals surface area contributed by atoms with Gasteiger partial charge < -0.3 is 9.84 Å². The van der Waals surface area contributed by atoms with Gasteiger partial charge >= 0.3 is 11.9 Å². The maximum absolute atomic E-state index is 11.3. The molecule has 1 N–H and O–H groups in total. The second-order valence-corrected chi connectivity index (χ2v) is 3.02. The van der Waals surface area contributed by atoms with Gasteiger partial charge in [-0.1, -0.05) is 17.7 Å². The standard InChI is InChI=1S/C10H13ClO4/c1-3-5-8(11)7(6-9(12)13)10(14)15-4-2/h3,5H,4,6H2,1-2H3,(H,12,13)/b5-3+,8-7+. The topological polar surface area (TPSA) is 63.6 Å². The number of hydrogen-bond donors (Lipinski definition) is 1. The second kappa shape index (κ2) is 7.06. The van der Waals surface area contributed by atoms with E-state index in [4.69, 9.17) is 21.4 Å². The Kier molecular flexibility index (Phi) is 6.45. The molecule has 0 aliphatic carbocycles. The van der Waals surface area contributed by atoms with Gasteiger partial charge in [-0.15, -0.1) is 0 Å². The fourth-order valence-corrected chi connectivity index (χ4v) is 1.14. The quantitative estimate of drug-likeness (QED) is 0.448. The van der Waals surface area contributed by atoms with E-state index in [0.717, 1.165) is 0 Å². The van der Waals surface area contributed by atoms with Crippen LogP contribution in [0.1, 0.15) is 20.3 Å². The van der Waals surface area contributed by atoms with Gasteiger partial charge in [-0.2, -0.15) is 0 Å². The molecular weight excluding hydrogens is 220 g/mol. The second-order valence-electron chi connectivity index (χ2n) is 2.62. The summed E-state index contributed by atoms with van der Waals surface area (Å²) in [6, 6.07) is 0. The van der Waals surface area contributed by atoms with Crippen molar-refractivity contribution < 1.29 is 19.4 Å². The van der Waals surface area contributed by atoms with Crippen molar-refractivity contribution >= 4 is 23.5 Å². The largest absolute Gasteiger partial charge is 0.481 e. The molecule has 5 heteroatoms. The van der Waals surface area contributed by atoms with Gasteiger partial charge in [0.05, 0.1) is 23.6 Å². The average molecular weight is 233 g/mol. The molecule has 0 aromatic rings. The smallest absolute Gasteiger partial charge is 0.336 e. The van der Waals surface area contributed by atoms with Crippen LogP contribution in [0.3, 0.4) is 0 Å². The van der Waals surface area contributed by atoms with Crippen LogP contribution in [0.4, 0.5) is 0 Å². The van der Waals surface area contributed by atoms with Crippen molar-refractivity contribution in [2.24, 2.45) is 0 Å². The Balaban J connectivity index is 4.95. The summed E-state index contributed by atoms with van der Waals surface area (Å²) in [5.74, 6) is -1.82.